The Bertz CT molecular complexity index is 758. The molecule has 5 nitrogen and oxygen atoms in total. The Kier molecular flexibility index (Phi) is 4.01. The Balaban J connectivity index is 2.38. The van der Waals surface area contributed by atoms with Gasteiger partial charge in [0.1, 0.15) is 4.99 Å². The summed E-state index contributed by atoms with van der Waals surface area (Å²) in [5.41, 5.74) is 7.24. The Morgan fingerprint density at radius 2 is 2.10 bits per heavy atom. The maximum absolute atomic E-state index is 12.3. The average molecular weight is 307 g/mol. The number of thiocarbonyl (C=S) groups is 1. The lowest BCUT2D eigenvalue weighted by Gasteiger charge is -2.10. The smallest absolute Gasteiger partial charge is 0.261 e. The summed E-state index contributed by atoms with van der Waals surface area (Å²) >= 11 is 4.85. The van der Waals surface area contributed by atoms with E-state index in [0.29, 0.717) is 11.3 Å². The SMILES string of the molecule is Cc1cnccc1NS(=O)(=O)c1cccc(C(N)=S)c1. The van der Waals surface area contributed by atoms with Crippen LogP contribution in [0.25, 0.3) is 0 Å². The largest absolute Gasteiger partial charge is 0.389 e. The monoisotopic (exact) mass is 307 g/mol. The maximum Gasteiger partial charge on any atom is 0.261 e. The van der Waals surface area contributed by atoms with E-state index in [1.54, 1.807) is 31.3 Å². The van der Waals surface area contributed by atoms with Gasteiger partial charge in [0.2, 0.25) is 0 Å². The Labute approximate surface area is 122 Å². The third-order valence-electron chi connectivity index (χ3n) is 2.69. The molecule has 0 amide bonds. The molecule has 7 heteroatoms. The highest BCUT2D eigenvalue weighted by atomic mass is 32.2. The zero-order valence-corrected chi connectivity index (χ0v) is 12.3. The van der Waals surface area contributed by atoms with Crippen molar-refractivity contribution < 1.29 is 8.42 Å². The molecule has 0 fully saturated rings. The fourth-order valence-corrected chi connectivity index (χ4v) is 2.91. The summed E-state index contributed by atoms with van der Waals surface area (Å²) in [6.45, 7) is 1.77. The third kappa shape index (κ3) is 3.12. The number of benzene rings is 1. The quantitative estimate of drug-likeness (QED) is 0.842. The van der Waals surface area contributed by atoms with Crippen LogP contribution in [0, 0.1) is 6.92 Å². The molecule has 0 saturated heterocycles. The summed E-state index contributed by atoms with van der Waals surface area (Å²) in [4.78, 5) is 4.18. The Morgan fingerprint density at radius 3 is 2.75 bits per heavy atom. The first-order valence-electron chi connectivity index (χ1n) is 5.73. The molecule has 1 heterocycles. The van der Waals surface area contributed by atoms with Gasteiger partial charge in [0, 0.05) is 18.0 Å². The molecule has 0 unspecified atom stereocenters. The van der Waals surface area contributed by atoms with Crippen LogP contribution < -0.4 is 10.5 Å². The highest BCUT2D eigenvalue weighted by Gasteiger charge is 2.16. The minimum atomic E-state index is -3.68. The Morgan fingerprint density at radius 1 is 1.35 bits per heavy atom. The average Bonchev–Trinajstić information content (AvgIpc) is 2.41. The van der Waals surface area contributed by atoms with Gasteiger partial charge >= 0.3 is 0 Å². The molecule has 0 atom stereocenters. The third-order valence-corrected chi connectivity index (χ3v) is 4.29. The number of hydrogen-bond acceptors (Lipinski definition) is 4. The molecule has 0 bridgehead atoms. The van der Waals surface area contributed by atoms with Crippen LogP contribution in [0.5, 0.6) is 0 Å². The van der Waals surface area contributed by atoms with Gasteiger partial charge in [-0.1, -0.05) is 24.4 Å². The van der Waals surface area contributed by atoms with E-state index in [1.165, 1.54) is 18.3 Å². The van der Waals surface area contributed by atoms with Crippen molar-refractivity contribution in [3.8, 4) is 0 Å². The van der Waals surface area contributed by atoms with E-state index in [9.17, 15) is 8.42 Å². The summed E-state index contributed by atoms with van der Waals surface area (Å²) < 4.78 is 27.1. The minimum absolute atomic E-state index is 0.110. The summed E-state index contributed by atoms with van der Waals surface area (Å²) in [5.74, 6) is 0. The molecule has 0 radical (unpaired) electrons. The molecule has 1 aromatic heterocycles. The van der Waals surface area contributed by atoms with Crippen LogP contribution >= 0.6 is 12.2 Å². The number of aromatic nitrogens is 1. The van der Waals surface area contributed by atoms with E-state index in [0.717, 1.165) is 5.56 Å². The van der Waals surface area contributed by atoms with E-state index in [4.69, 9.17) is 18.0 Å². The second-order valence-corrected chi connectivity index (χ2v) is 6.31. The van der Waals surface area contributed by atoms with E-state index < -0.39 is 10.0 Å². The van der Waals surface area contributed by atoms with Crippen LogP contribution in [-0.2, 0) is 10.0 Å². The van der Waals surface area contributed by atoms with Crippen molar-refractivity contribution in [2.45, 2.75) is 11.8 Å². The molecular weight excluding hydrogens is 294 g/mol. The first kappa shape index (κ1) is 14.4. The van der Waals surface area contributed by atoms with Gasteiger partial charge in [0.15, 0.2) is 0 Å². The molecule has 0 aliphatic rings. The number of anilines is 1. The van der Waals surface area contributed by atoms with Gasteiger partial charge in [-0.3, -0.25) is 9.71 Å². The van der Waals surface area contributed by atoms with Gasteiger partial charge in [0.25, 0.3) is 10.0 Å². The number of rotatable bonds is 4. The number of hydrogen-bond donors (Lipinski definition) is 2. The van der Waals surface area contributed by atoms with Crippen molar-refractivity contribution >= 4 is 32.9 Å². The Hall–Kier alpha value is -1.99. The first-order valence-corrected chi connectivity index (χ1v) is 7.62. The van der Waals surface area contributed by atoms with Gasteiger partial charge in [-0.05, 0) is 30.7 Å². The number of aryl methyl sites for hydroxylation is 1. The molecule has 2 aromatic rings. The zero-order valence-electron chi connectivity index (χ0n) is 10.7. The normalized spacial score (nSPS) is 11.1. The maximum atomic E-state index is 12.3. The van der Waals surface area contributed by atoms with Gasteiger partial charge in [0.05, 0.1) is 10.6 Å². The van der Waals surface area contributed by atoms with Crippen LogP contribution in [0.1, 0.15) is 11.1 Å². The number of nitrogens with zero attached hydrogens (tertiary/aromatic N) is 1. The minimum Gasteiger partial charge on any atom is -0.389 e. The summed E-state index contributed by atoms with van der Waals surface area (Å²) in [6.07, 6.45) is 3.11. The van der Waals surface area contributed by atoms with Crippen molar-refractivity contribution in [2.75, 3.05) is 4.72 Å². The summed E-state index contributed by atoms with van der Waals surface area (Å²) in [6, 6.07) is 7.80. The van der Waals surface area contributed by atoms with Crippen LogP contribution in [0.4, 0.5) is 5.69 Å². The topological polar surface area (TPSA) is 85.1 Å². The molecule has 0 aliphatic heterocycles. The molecule has 0 saturated carbocycles. The molecule has 20 heavy (non-hydrogen) atoms. The second kappa shape index (κ2) is 5.56. The lowest BCUT2D eigenvalue weighted by atomic mass is 10.2. The number of pyridine rings is 1. The first-order chi connectivity index (χ1) is 9.40. The fraction of sp³-hybridized carbons (Fsp3) is 0.0769. The standard InChI is InChI=1S/C13H13N3O2S2/c1-9-8-15-6-5-12(9)16-20(17,18)11-4-2-3-10(7-11)13(14)19/h2-8H,1H3,(H2,14,19)(H,15,16). The predicted molar refractivity (Wildman–Crippen MR) is 82.1 cm³/mol. The molecule has 0 aliphatic carbocycles. The zero-order chi connectivity index (χ0) is 14.8. The van der Waals surface area contributed by atoms with Crippen molar-refractivity contribution in [1.29, 1.82) is 0 Å². The summed E-state index contributed by atoms with van der Waals surface area (Å²) in [5, 5.41) is 0. The van der Waals surface area contributed by atoms with Gasteiger partial charge in [-0.2, -0.15) is 0 Å². The van der Waals surface area contributed by atoms with E-state index in [1.807, 2.05) is 0 Å². The molecule has 2 rings (SSSR count). The molecule has 0 spiro atoms. The van der Waals surface area contributed by atoms with E-state index >= 15 is 0 Å². The van der Waals surface area contributed by atoms with Crippen LogP contribution in [-0.4, -0.2) is 18.4 Å². The second-order valence-electron chi connectivity index (χ2n) is 4.19. The van der Waals surface area contributed by atoms with Gasteiger partial charge in [-0.15, -0.1) is 0 Å². The van der Waals surface area contributed by atoms with E-state index in [-0.39, 0.29) is 9.88 Å². The highest BCUT2D eigenvalue weighted by Crippen LogP contribution is 2.19. The van der Waals surface area contributed by atoms with Crippen molar-refractivity contribution in [3.05, 3.63) is 53.9 Å². The van der Waals surface area contributed by atoms with Crippen LogP contribution in [0.15, 0.2) is 47.6 Å². The number of sulfonamides is 1. The van der Waals surface area contributed by atoms with Crippen LogP contribution in [0.2, 0.25) is 0 Å². The molecular formula is C13H13N3O2S2. The molecule has 3 N–H and O–H groups in total. The van der Waals surface area contributed by atoms with Gasteiger partial charge < -0.3 is 5.73 Å². The molecule has 104 valence electrons. The fourth-order valence-electron chi connectivity index (χ4n) is 1.61. The summed E-state index contributed by atoms with van der Waals surface area (Å²) in [7, 11) is -3.68. The van der Waals surface area contributed by atoms with E-state index in [2.05, 4.69) is 9.71 Å². The number of nitrogens with one attached hydrogen (secondary N) is 1. The lowest BCUT2D eigenvalue weighted by molar-refractivity contribution is 0.601. The highest BCUT2D eigenvalue weighted by molar-refractivity contribution is 7.92. The van der Waals surface area contributed by atoms with Crippen molar-refractivity contribution in [3.63, 3.8) is 0 Å². The van der Waals surface area contributed by atoms with Gasteiger partial charge in [-0.25, -0.2) is 8.42 Å². The number of nitrogens with two attached hydrogens (primary N) is 1. The van der Waals surface area contributed by atoms with Crippen molar-refractivity contribution in [1.82, 2.24) is 4.98 Å². The van der Waals surface area contributed by atoms with Crippen LogP contribution in [0.3, 0.4) is 0 Å². The molecule has 1 aromatic carbocycles. The lowest BCUT2D eigenvalue weighted by Crippen LogP contribution is -2.15. The van der Waals surface area contributed by atoms with Crippen molar-refractivity contribution in [2.24, 2.45) is 5.73 Å². The predicted octanol–water partition coefficient (Wildman–Crippen LogP) is 1.83.